The van der Waals surface area contributed by atoms with Crippen molar-refractivity contribution in [2.75, 3.05) is 5.32 Å². The summed E-state index contributed by atoms with van der Waals surface area (Å²) in [6.45, 7) is 0.674. The zero-order chi connectivity index (χ0) is 13.5. The van der Waals surface area contributed by atoms with Gasteiger partial charge in [-0.05, 0) is 12.1 Å². The quantitative estimate of drug-likeness (QED) is 0.727. The van der Waals surface area contributed by atoms with Crippen LogP contribution in [-0.2, 0) is 13.6 Å². The van der Waals surface area contributed by atoms with E-state index in [2.05, 4.69) is 25.4 Å². The van der Waals surface area contributed by atoms with E-state index in [1.165, 1.54) is 0 Å². The molecule has 0 radical (unpaired) electrons. The van der Waals surface area contributed by atoms with Crippen LogP contribution in [-0.4, -0.2) is 25.6 Å². The summed E-state index contributed by atoms with van der Waals surface area (Å²) in [5, 5.41) is 7.48. The summed E-state index contributed by atoms with van der Waals surface area (Å²) >= 11 is 0. The minimum atomic E-state index is 0.674. The summed E-state index contributed by atoms with van der Waals surface area (Å²) in [6.07, 6.45) is 5.32. The van der Waals surface area contributed by atoms with Gasteiger partial charge in [-0.15, -0.1) is 0 Å². The highest BCUT2D eigenvalue weighted by atomic mass is 15.3. The number of hydrogen-bond donors (Lipinski definition) is 1. The summed E-state index contributed by atoms with van der Waals surface area (Å²) in [7, 11) is 1.90. The predicted octanol–water partition coefficient (Wildman–Crippen LogP) is 1.74. The zero-order valence-corrected chi connectivity index (χ0v) is 10.9. The van der Waals surface area contributed by atoms with Gasteiger partial charge in [0.15, 0.2) is 5.84 Å². The lowest BCUT2D eigenvalue weighted by atomic mass is 10.2. The maximum Gasteiger partial charge on any atom is 0.152 e. The number of hydrogen-bond acceptors (Lipinski definition) is 5. The molecule has 6 heteroatoms. The van der Waals surface area contributed by atoms with E-state index in [1.807, 2.05) is 25.2 Å². The molecule has 3 aromatic heterocycles. The first-order valence-corrected chi connectivity index (χ1v) is 6.35. The van der Waals surface area contributed by atoms with Crippen molar-refractivity contribution in [1.29, 1.82) is 0 Å². The molecule has 0 unspecified atom stereocenters. The van der Waals surface area contributed by atoms with Gasteiger partial charge in [0, 0.05) is 18.8 Å². The highest BCUT2D eigenvalue weighted by Gasteiger charge is 2.17. The number of amidine groups is 1. The van der Waals surface area contributed by atoms with Crippen LogP contribution in [0.4, 0.5) is 5.69 Å². The van der Waals surface area contributed by atoms with Crippen molar-refractivity contribution in [3.63, 3.8) is 0 Å². The molecule has 0 saturated heterocycles. The van der Waals surface area contributed by atoms with Crippen LogP contribution in [0.1, 0.15) is 11.3 Å². The molecule has 98 valence electrons. The Labute approximate surface area is 115 Å². The fourth-order valence-electron chi connectivity index (χ4n) is 2.35. The van der Waals surface area contributed by atoms with Gasteiger partial charge in [-0.25, -0.2) is 0 Å². The van der Waals surface area contributed by atoms with Crippen molar-refractivity contribution in [3.8, 4) is 0 Å². The third kappa shape index (κ3) is 1.65. The van der Waals surface area contributed by atoms with Crippen LogP contribution in [0.5, 0.6) is 0 Å². The van der Waals surface area contributed by atoms with Gasteiger partial charge >= 0.3 is 0 Å². The molecule has 0 aliphatic carbocycles. The van der Waals surface area contributed by atoms with Crippen molar-refractivity contribution in [2.45, 2.75) is 6.54 Å². The Hall–Kier alpha value is -2.76. The molecule has 3 aromatic rings. The second kappa shape index (κ2) is 4.12. The number of aryl methyl sites for hydroxylation is 1. The first-order valence-electron chi connectivity index (χ1n) is 6.35. The number of aliphatic imine (C=N–C) groups is 1. The molecule has 4 heterocycles. The van der Waals surface area contributed by atoms with E-state index in [-0.39, 0.29) is 0 Å². The van der Waals surface area contributed by atoms with Crippen molar-refractivity contribution in [3.05, 3.63) is 48.0 Å². The van der Waals surface area contributed by atoms with E-state index in [0.29, 0.717) is 6.54 Å². The van der Waals surface area contributed by atoms with Gasteiger partial charge in [0.2, 0.25) is 0 Å². The van der Waals surface area contributed by atoms with Crippen LogP contribution < -0.4 is 5.32 Å². The Morgan fingerprint density at radius 1 is 1.25 bits per heavy atom. The average molecular weight is 264 g/mol. The molecular weight excluding hydrogens is 252 g/mol. The van der Waals surface area contributed by atoms with Crippen LogP contribution in [0.15, 0.2) is 41.8 Å². The molecule has 4 rings (SSSR count). The van der Waals surface area contributed by atoms with Crippen LogP contribution in [0.3, 0.4) is 0 Å². The van der Waals surface area contributed by atoms with Crippen LogP contribution in [0, 0.1) is 0 Å². The maximum atomic E-state index is 4.48. The van der Waals surface area contributed by atoms with Gasteiger partial charge in [0.1, 0.15) is 11.2 Å². The number of anilines is 1. The predicted molar refractivity (Wildman–Crippen MR) is 76.6 cm³/mol. The molecule has 1 aliphatic rings. The Morgan fingerprint density at radius 2 is 2.20 bits per heavy atom. The average Bonchev–Trinajstić information content (AvgIpc) is 3.05. The van der Waals surface area contributed by atoms with E-state index in [4.69, 9.17) is 0 Å². The van der Waals surface area contributed by atoms with Crippen LogP contribution in [0.25, 0.3) is 11.0 Å². The molecule has 0 amide bonds. The van der Waals surface area contributed by atoms with Crippen molar-refractivity contribution in [1.82, 2.24) is 19.7 Å². The Bertz CT molecular complexity index is 833. The monoisotopic (exact) mass is 264 g/mol. The van der Waals surface area contributed by atoms with Crippen molar-refractivity contribution < 1.29 is 0 Å². The minimum Gasteiger partial charge on any atom is -0.337 e. The molecule has 0 saturated carbocycles. The Kier molecular flexibility index (Phi) is 2.29. The largest absolute Gasteiger partial charge is 0.337 e. The van der Waals surface area contributed by atoms with Gasteiger partial charge < -0.3 is 5.32 Å². The van der Waals surface area contributed by atoms with E-state index in [0.717, 1.165) is 33.8 Å². The number of fused-ring (bicyclic) bond motifs is 2. The first kappa shape index (κ1) is 11.1. The molecule has 20 heavy (non-hydrogen) atoms. The van der Waals surface area contributed by atoms with Crippen LogP contribution >= 0.6 is 0 Å². The van der Waals surface area contributed by atoms with Gasteiger partial charge in [-0.2, -0.15) is 5.10 Å². The van der Waals surface area contributed by atoms with E-state index in [9.17, 15) is 0 Å². The summed E-state index contributed by atoms with van der Waals surface area (Å²) in [5.41, 5.74) is 4.81. The molecule has 1 N–H and O–H groups in total. The Morgan fingerprint density at radius 3 is 3.15 bits per heavy atom. The molecule has 0 atom stereocenters. The molecule has 0 aromatic carbocycles. The fraction of sp³-hybridized carbons (Fsp3) is 0.143. The van der Waals surface area contributed by atoms with Gasteiger partial charge in [-0.1, -0.05) is 6.07 Å². The van der Waals surface area contributed by atoms with E-state index in [1.54, 1.807) is 23.3 Å². The summed E-state index contributed by atoms with van der Waals surface area (Å²) in [4.78, 5) is 13.2. The standard InChI is InChI=1S/C14H12N6/c1-20-12-5-10(7-16-11(12)8-18-20)19-14-13-9(6-17-14)3-2-4-15-13/h2-5,7-8H,6H2,1H3,(H,17,19). The lowest BCUT2D eigenvalue weighted by Gasteiger charge is -2.06. The Balaban J connectivity index is 1.70. The van der Waals surface area contributed by atoms with Gasteiger partial charge in [0.25, 0.3) is 0 Å². The summed E-state index contributed by atoms with van der Waals surface area (Å²) < 4.78 is 1.80. The second-order valence-corrected chi connectivity index (χ2v) is 4.70. The number of rotatable bonds is 1. The first-order chi connectivity index (χ1) is 9.81. The van der Waals surface area contributed by atoms with Crippen molar-refractivity contribution >= 4 is 22.6 Å². The molecule has 6 nitrogen and oxygen atoms in total. The highest BCUT2D eigenvalue weighted by Crippen LogP contribution is 2.20. The number of nitrogens with zero attached hydrogens (tertiary/aromatic N) is 5. The highest BCUT2D eigenvalue weighted by molar-refractivity contribution is 6.09. The molecule has 0 fully saturated rings. The second-order valence-electron chi connectivity index (χ2n) is 4.70. The third-order valence-corrected chi connectivity index (χ3v) is 3.39. The van der Waals surface area contributed by atoms with E-state index >= 15 is 0 Å². The molecule has 0 spiro atoms. The summed E-state index contributed by atoms with van der Waals surface area (Å²) in [6, 6.07) is 5.99. The zero-order valence-electron chi connectivity index (χ0n) is 10.9. The lowest BCUT2D eigenvalue weighted by molar-refractivity contribution is 0.797. The molecular formula is C14H12N6. The lowest BCUT2D eigenvalue weighted by Crippen LogP contribution is -2.13. The molecule has 1 aliphatic heterocycles. The third-order valence-electron chi connectivity index (χ3n) is 3.39. The smallest absolute Gasteiger partial charge is 0.152 e. The summed E-state index contributed by atoms with van der Waals surface area (Å²) in [5.74, 6) is 0.795. The number of nitrogens with one attached hydrogen (secondary N) is 1. The number of pyridine rings is 2. The van der Waals surface area contributed by atoms with E-state index < -0.39 is 0 Å². The van der Waals surface area contributed by atoms with Crippen LogP contribution in [0.2, 0.25) is 0 Å². The fourth-order valence-corrected chi connectivity index (χ4v) is 2.35. The van der Waals surface area contributed by atoms with Gasteiger partial charge in [0.05, 0.1) is 30.1 Å². The van der Waals surface area contributed by atoms with Gasteiger partial charge in [-0.3, -0.25) is 19.6 Å². The topological polar surface area (TPSA) is 68.0 Å². The molecule has 0 bridgehead atoms. The SMILES string of the molecule is Cn1ncc2ncc(NC3=NCc4cccnc43)cc21. The maximum absolute atomic E-state index is 4.48. The normalized spacial score (nSPS) is 13.3. The minimum absolute atomic E-state index is 0.674. The number of aromatic nitrogens is 4. The van der Waals surface area contributed by atoms with Crippen molar-refractivity contribution in [2.24, 2.45) is 12.0 Å².